The fourth-order valence-electron chi connectivity index (χ4n) is 1.65. The van der Waals surface area contributed by atoms with Gasteiger partial charge in [0, 0.05) is 0 Å². The zero-order chi connectivity index (χ0) is 11.1. The third-order valence-electron chi connectivity index (χ3n) is 2.54. The molecule has 0 saturated heterocycles. The third kappa shape index (κ3) is 4.80. The smallest absolute Gasteiger partial charge is 0.332 e. The van der Waals surface area contributed by atoms with Gasteiger partial charge in [-0.25, -0.2) is 4.79 Å². The van der Waals surface area contributed by atoms with Crippen molar-refractivity contribution < 1.29 is 14.6 Å². The lowest BCUT2D eigenvalue weighted by molar-refractivity contribution is -0.145. The van der Waals surface area contributed by atoms with Gasteiger partial charge in [-0.15, -0.1) is 0 Å². The second-order valence-electron chi connectivity index (χ2n) is 3.74. The highest BCUT2D eigenvalue weighted by molar-refractivity contribution is 9.11. The van der Waals surface area contributed by atoms with Crippen molar-refractivity contribution in [3.63, 3.8) is 0 Å². The molecule has 0 radical (unpaired) electrons. The SMILES string of the molecule is O=C(CO)OC/C1=C(\Br)CCCCCC1. The summed E-state index contributed by atoms with van der Waals surface area (Å²) in [7, 11) is 0. The molecule has 3 nitrogen and oxygen atoms in total. The van der Waals surface area contributed by atoms with Crippen LogP contribution in [0, 0.1) is 0 Å². The molecule has 0 amide bonds. The highest BCUT2D eigenvalue weighted by Crippen LogP contribution is 2.27. The first-order valence-electron chi connectivity index (χ1n) is 5.37. The molecule has 4 heteroatoms. The van der Waals surface area contributed by atoms with Crippen LogP contribution in [0.4, 0.5) is 0 Å². The summed E-state index contributed by atoms with van der Waals surface area (Å²) < 4.78 is 6.09. The van der Waals surface area contributed by atoms with E-state index in [1.165, 1.54) is 23.7 Å². The van der Waals surface area contributed by atoms with Crippen LogP contribution in [0.15, 0.2) is 10.1 Å². The summed E-state index contributed by atoms with van der Waals surface area (Å²) >= 11 is 3.54. The lowest BCUT2D eigenvalue weighted by Crippen LogP contribution is -2.12. The Morgan fingerprint density at radius 1 is 1.27 bits per heavy atom. The number of hydrogen-bond acceptors (Lipinski definition) is 3. The molecule has 0 fully saturated rings. The van der Waals surface area contributed by atoms with Crippen molar-refractivity contribution in [1.82, 2.24) is 0 Å². The molecule has 0 aliphatic heterocycles. The van der Waals surface area contributed by atoms with Crippen LogP contribution in [-0.4, -0.2) is 24.3 Å². The summed E-state index contributed by atoms with van der Waals surface area (Å²) in [5.41, 5.74) is 1.16. The molecule has 0 atom stereocenters. The molecule has 1 aliphatic carbocycles. The van der Waals surface area contributed by atoms with Gasteiger partial charge in [0.25, 0.3) is 0 Å². The summed E-state index contributed by atoms with van der Waals surface area (Å²) in [6, 6.07) is 0. The van der Waals surface area contributed by atoms with Crippen molar-refractivity contribution in [3.05, 3.63) is 10.1 Å². The second kappa shape index (κ2) is 7.01. The van der Waals surface area contributed by atoms with Gasteiger partial charge in [-0.05, 0) is 35.7 Å². The molecule has 0 aromatic carbocycles. The van der Waals surface area contributed by atoms with Crippen LogP contribution in [0.5, 0.6) is 0 Å². The summed E-state index contributed by atoms with van der Waals surface area (Å²) in [6.45, 7) is -0.217. The van der Waals surface area contributed by atoms with Crippen molar-refractivity contribution in [2.75, 3.05) is 13.2 Å². The van der Waals surface area contributed by atoms with E-state index in [-0.39, 0.29) is 0 Å². The van der Waals surface area contributed by atoms with E-state index in [2.05, 4.69) is 15.9 Å². The van der Waals surface area contributed by atoms with Crippen LogP contribution < -0.4 is 0 Å². The minimum absolute atomic E-state index is 0.319. The van der Waals surface area contributed by atoms with Gasteiger partial charge in [0.2, 0.25) is 0 Å². The molecule has 0 unspecified atom stereocenters. The van der Waals surface area contributed by atoms with Crippen LogP contribution >= 0.6 is 15.9 Å². The first kappa shape index (κ1) is 12.7. The van der Waals surface area contributed by atoms with Crippen molar-refractivity contribution in [2.45, 2.75) is 38.5 Å². The molecule has 1 aliphatic rings. The van der Waals surface area contributed by atoms with Crippen molar-refractivity contribution in [3.8, 4) is 0 Å². The normalized spacial score (nSPS) is 23.1. The fourth-order valence-corrected chi connectivity index (χ4v) is 2.24. The fraction of sp³-hybridized carbons (Fsp3) is 0.727. The van der Waals surface area contributed by atoms with E-state index in [1.54, 1.807) is 0 Å². The van der Waals surface area contributed by atoms with Crippen molar-refractivity contribution >= 4 is 21.9 Å². The Morgan fingerprint density at radius 2 is 1.93 bits per heavy atom. The van der Waals surface area contributed by atoms with Crippen LogP contribution in [0.1, 0.15) is 38.5 Å². The summed E-state index contributed by atoms with van der Waals surface area (Å²) in [5, 5.41) is 8.53. The number of carbonyl (C=O) groups excluding carboxylic acids is 1. The third-order valence-corrected chi connectivity index (χ3v) is 3.50. The van der Waals surface area contributed by atoms with E-state index < -0.39 is 12.6 Å². The zero-order valence-electron chi connectivity index (χ0n) is 8.80. The molecule has 1 rings (SSSR count). The Morgan fingerprint density at radius 3 is 2.60 bits per heavy atom. The van der Waals surface area contributed by atoms with E-state index in [0.717, 1.165) is 24.8 Å². The standard InChI is InChI=1S/C11H17BrO3/c12-10-6-4-2-1-3-5-9(10)8-15-11(14)7-13/h13H,1-8H2/b10-9-. The molecule has 0 aromatic heterocycles. The van der Waals surface area contributed by atoms with Crippen LogP contribution in [0.2, 0.25) is 0 Å². The van der Waals surface area contributed by atoms with E-state index in [9.17, 15) is 4.79 Å². The first-order chi connectivity index (χ1) is 7.24. The van der Waals surface area contributed by atoms with Gasteiger partial charge in [0.15, 0.2) is 0 Å². The molecular formula is C11H17BrO3. The molecule has 1 N–H and O–H groups in total. The Hall–Kier alpha value is -0.350. The minimum Gasteiger partial charge on any atom is -0.459 e. The summed E-state index contributed by atoms with van der Waals surface area (Å²) in [5.74, 6) is -0.551. The molecule has 15 heavy (non-hydrogen) atoms. The number of esters is 1. The van der Waals surface area contributed by atoms with Crippen LogP contribution in [0.3, 0.4) is 0 Å². The van der Waals surface area contributed by atoms with Gasteiger partial charge >= 0.3 is 5.97 Å². The van der Waals surface area contributed by atoms with Gasteiger partial charge in [-0.2, -0.15) is 0 Å². The number of ether oxygens (including phenoxy) is 1. The average Bonchev–Trinajstić information content (AvgIpc) is 2.22. The average molecular weight is 277 g/mol. The Labute approximate surface area is 98.6 Å². The maximum atomic E-state index is 10.8. The number of allylic oxidation sites excluding steroid dienone is 1. The zero-order valence-corrected chi connectivity index (χ0v) is 10.4. The van der Waals surface area contributed by atoms with E-state index >= 15 is 0 Å². The number of hydrogen-bond donors (Lipinski definition) is 1. The van der Waals surface area contributed by atoms with Gasteiger partial charge in [0.1, 0.15) is 13.2 Å². The topological polar surface area (TPSA) is 46.5 Å². The molecule has 0 heterocycles. The lowest BCUT2D eigenvalue weighted by Gasteiger charge is -2.14. The molecule has 0 aromatic rings. The Kier molecular flexibility index (Phi) is 5.95. The molecular weight excluding hydrogens is 260 g/mol. The van der Waals surface area contributed by atoms with Gasteiger partial charge in [0.05, 0.1) is 0 Å². The Bertz CT molecular complexity index is 248. The summed E-state index contributed by atoms with van der Waals surface area (Å²) in [4.78, 5) is 10.8. The largest absolute Gasteiger partial charge is 0.459 e. The highest BCUT2D eigenvalue weighted by atomic mass is 79.9. The van der Waals surface area contributed by atoms with Crippen molar-refractivity contribution in [1.29, 1.82) is 0 Å². The monoisotopic (exact) mass is 276 g/mol. The maximum absolute atomic E-state index is 10.8. The van der Waals surface area contributed by atoms with E-state index in [4.69, 9.17) is 9.84 Å². The van der Waals surface area contributed by atoms with Crippen molar-refractivity contribution in [2.24, 2.45) is 0 Å². The summed E-state index contributed by atoms with van der Waals surface area (Å²) in [6.07, 6.45) is 6.89. The Balaban J connectivity index is 2.47. The number of aliphatic hydroxyl groups is 1. The number of aliphatic hydroxyl groups excluding tert-OH is 1. The second-order valence-corrected chi connectivity index (χ2v) is 4.70. The lowest BCUT2D eigenvalue weighted by atomic mass is 10.0. The van der Waals surface area contributed by atoms with Gasteiger partial charge < -0.3 is 9.84 Å². The van der Waals surface area contributed by atoms with E-state index in [0.29, 0.717) is 6.61 Å². The molecule has 0 spiro atoms. The predicted octanol–water partition coefficient (Wildman–Crippen LogP) is 2.53. The first-order valence-corrected chi connectivity index (χ1v) is 6.16. The number of carbonyl (C=O) groups is 1. The molecule has 0 bridgehead atoms. The van der Waals surface area contributed by atoms with E-state index in [1.807, 2.05) is 0 Å². The number of rotatable bonds is 3. The molecule has 86 valence electrons. The quantitative estimate of drug-likeness (QED) is 0.806. The van der Waals surface area contributed by atoms with Gasteiger partial charge in [-0.3, -0.25) is 0 Å². The van der Waals surface area contributed by atoms with Crippen LogP contribution in [0.25, 0.3) is 0 Å². The number of halogens is 1. The maximum Gasteiger partial charge on any atom is 0.332 e. The van der Waals surface area contributed by atoms with Crippen LogP contribution in [-0.2, 0) is 9.53 Å². The van der Waals surface area contributed by atoms with Gasteiger partial charge in [-0.1, -0.05) is 28.8 Å². The molecule has 0 saturated carbocycles. The highest BCUT2D eigenvalue weighted by Gasteiger charge is 2.10. The predicted molar refractivity (Wildman–Crippen MR) is 61.7 cm³/mol. The minimum atomic E-state index is -0.551.